The molecule has 0 bridgehead atoms. The van der Waals surface area contributed by atoms with Gasteiger partial charge in [-0.15, -0.1) is 11.3 Å². The second kappa shape index (κ2) is 9.80. The third kappa shape index (κ3) is 5.63. The highest BCUT2D eigenvalue weighted by atomic mass is 32.2. The van der Waals surface area contributed by atoms with Gasteiger partial charge in [-0.05, 0) is 18.2 Å². The summed E-state index contributed by atoms with van der Waals surface area (Å²) in [5.41, 5.74) is 1.50. The van der Waals surface area contributed by atoms with Crippen LogP contribution in [-0.2, 0) is 9.53 Å². The number of alkyl carbamates (subject to hydrolysis) is 1. The maximum absolute atomic E-state index is 12.2. The van der Waals surface area contributed by atoms with Gasteiger partial charge in [0.05, 0.1) is 10.2 Å². The lowest BCUT2D eigenvalue weighted by Crippen LogP contribution is -2.38. The quantitative estimate of drug-likeness (QED) is 0.330. The summed E-state index contributed by atoms with van der Waals surface area (Å²) in [7, 11) is 0. The van der Waals surface area contributed by atoms with Crippen molar-refractivity contribution in [2.75, 3.05) is 30.0 Å². The Morgan fingerprint density at radius 3 is 3.07 bits per heavy atom. The zero-order valence-electron chi connectivity index (χ0n) is 14.7. The van der Waals surface area contributed by atoms with Crippen molar-refractivity contribution in [3.8, 4) is 0 Å². The van der Waals surface area contributed by atoms with Gasteiger partial charge >= 0.3 is 6.09 Å². The molecule has 3 rings (SSSR count). The normalized spacial score (nSPS) is 15.9. The fraction of sp³-hybridized carbons (Fsp3) is 0.294. The minimum absolute atomic E-state index is 0.178. The van der Waals surface area contributed by atoms with Crippen molar-refractivity contribution < 1.29 is 19.1 Å². The maximum Gasteiger partial charge on any atom is 0.407 e. The molecule has 1 saturated heterocycles. The van der Waals surface area contributed by atoms with Crippen LogP contribution in [0.25, 0.3) is 10.2 Å². The first kappa shape index (κ1) is 20.5. The number of aromatic nitrogens is 1. The van der Waals surface area contributed by atoms with Crippen molar-refractivity contribution in [2.24, 2.45) is 0 Å². The first-order chi connectivity index (χ1) is 13.5. The van der Waals surface area contributed by atoms with E-state index < -0.39 is 12.1 Å². The van der Waals surface area contributed by atoms with Gasteiger partial charge in [-0.1, -0.05) is 36.2 Å². The zero-order valence-corrected chi connectivity index (χ0v) is 17.2. The zero-order chi connectivity index (χ0) is 19.9. The Hall–Kier alpha value is -2.24. The van der Waals surface area contributed by atoms with Crippen molar-refractivity contribution in [1.82, 2.24) is 15.6 Å². The number of thioether (sulfide) groups is 2. The van der Waals surface area contributed by atoms with Gasteiger partial charge in [0.25, 0.3) is 5.24 Å². The molecule has 11 heteroatoms. The summed E-state index contributed by atoms with van der Waals surface area (Å²) in [5, 5.41) is 7.91. The lowest BCUT2D eigenvalue weighted by molar-refractivity contribution is -0.117. The van der Waals surface area contributed by atoms with Crippen molar-refractivity contribution in [3.63, 3.8) is 0 Å². The SMILES string of the molecule is C=CCOC(=O)NCCSc1nc2ccc(NC(=O)C3CSC(=O)N3)cc2s1. The van der Waals surface area contributed by atoms with Gasteiger partial charge in [0.1, 0.15) is 12.6 Å². The average molecular weight is 439 g/mol. The van der Waals surface area contributed by atoms with Crippen LogP contribution >= 0.6 is 34.9 Å². The van der Waals surface area contributed by atoms with Gasteiger partial charge in [0, 0.05) is 23.7 Å². The van der Waals surface area contributed by atoms with E-state index >= 15 is 0 Å². The Bertz CT molecular complexity index is 902. The van der Waals surface area contributed by atoms with Gasteiger partial charge in [0.15, 0.2) is 4.34 Å². The highest BCUT2D eigenvalue weighted by molar-refractivity contribution is 8.14. The number of hydrogen-bond donors (Lipinski definition) is 3. The number of thiazole rings is 1. The van der Waals surface area contributed by atoms with E-state index in [4.69, 9.17) is 4.74 Å². The number of nitrogens with one attached hydrogen (secondary N) is 3. The van der Waals surface area contributed by atoms with Crippen molar-refractivity contribution >= 4 is 68.0 Å². The van der Waals surface area contributed by atoms with Crippen LogP contribution in [0.2, 0.25) is 0 Å². The molecule has 3 amide bonds. The van der Waals surface area contributed by atoms with Crippen molar-refractivity contribution in [3.05, 3.63) is 30.9 Å². The largest absolute Gasteiger partial charge is 0.445 e. The molecule has 0 aliphatic carbocycles. The topological polar surface area (TPSA) is 109 Å². The molecule has 1 unspecified atom stereocenters. The van der Waals surface area contributed by atoms with Crippen LogP contribution in [0.15, 0.2) is 35.2 Å². The van der Waals surface area contributed by atoms with Crippen LogP contribution in [-0.4, -0.2) is 52.9 Å². The molecule has 0 radical (unpaired) electrons. The molecular formula is C17H18N4O4S3. The van der Waals surface area contributed by atoms with Crippen LogP contribution < -0.4 is 16.0 Å². The predicted octanol–water partition coefficient (Wildman–Crippen LogP) is 3.06. The number of carbonyl (C=O) groups excluding carboxylic acids is 3. The minimum Gasteiger partial charge on any atom is -0.445 e. The number of rotatable bonds is 8. The number of hydrogen-bond acceptors (Lipinski definition) is 8. The van der Waals surface area contributed by atoms with E-state index in [0.717, 1.165) is 26.3 Å². The molecule has 1 aromatic heterocycles. The number of amides is 3. The summed E-state index contributed by atoms with van der Waals surface area (Å²) in [6, 6.07) is 4.99. The summed E-state index contributed by atoms with van der Waals surface area (Å²) in [6.45, 7) is 4.12. The summed E-state index contributed by atoms with van der Waals surface area (Å²) in [4.78, 5) is 39.3. The van der Waals surface area contributed by atoms with E-state index in [1.165, 1.54) is 29.2 Å². The van der Waals surface area contributed by atoms with Gasteiger partial charge in [-0.25, -0.2) is 9.78 Å². The predicted molar refractivity (Wildman–Crippen MR) is 113 cm³/mol. The highest BCUT2D eigenvalue weighted by Crippen LogP contribution is 2.31. The number of anilines is 1. The molecule has 1 aromatic carbocycles. The second-order valence-corrected chi connectivity index (χ2v) is 8.97. The summed E-state index contributed by atoms with van der Waals surface area (Å²) in [6.07, 6.45) is 1.04. The highest BCUT2D eigenvalue weighted by Gasteiger charge is 2.28. The second-order valence-electron chi connectivity index (χ2n) is 5.61. The molecule has 1 atom stereocenters. The van der Waals surface area contributed by atoms with Crippen molar-refractivity contribution in [2.45, 2.75) is 10.4 Å². The van der Waals surface area contributed by atoms with Crippen molar-refractivity contribution in [1.29, 1.82) is 0 Å². The van der Waals surface area contributed by atoms with Gasteiger partial charge in [-0.2, -0.15) is 0 Å². The van der Waals surface area contributed by atoms with E-state index in [1.807, 2.05) is 12.1 Å². The number of nitrogens with zero attached hydrogens (tertiary/aromatic N) is 1. The fourth-order valence-corrected chi connectivity index (χ4v) is 5.09. The van der Waals surface area contributed by atoms with E-state index in [9.17, 15) is 14.4 Å². The van der Waals surface area contributed by atoms with E-state index in [0.29, 0.717) is 23.7 Å². The summed E-state index contributed by atoms with van der Waals surface area (Å²) in [5.74, 6) is 0.862. The van der Waals surface area contributed by atoms with Crippen LogP contribution in [0.1, 0.15) is 0 Å². The van der Waals surface area contributed by atoms with E-state index in [-0.39, 0.29) is 17.8 Å². The Balaban J connectivity index is 1.51. The Morgan fingerprint density at radius 2 is 2.32 bits per heavy atom. The molecule has 3 N–H and O–H groups in total. The lowest BCUT2D eigenvalue weighted by atomic mass is 10.2. The van der Waals surface area contributed by atoms with Gasteiger partial charge < -0.3 is 20.7 Å². The molecule has 148 valence electrons. The third-order valence-corrected chi connectivity index (χ3v) is 6.60. The standard InChI is InChI=1S/C17H18N4O4S3/c1-2-6-25-15(23)18-5-7-26-17-21-11-4-3-10(8-13(11)28-17)19-14(22)12-9-27-16(24)20-12/h2-4,8,12H,1,5-7,9H2,(H,18,23)(H,19,22)(H,20,24). The number of benzene rings is 1. The van der Waals surface area contributed by atoms with Crippen LogP contribution in [0, 0.1) is 0 Å². The number of fused-ring (bicyclic) bond motifs is 1. The fourth-order valence-electron chi connectivity index (χ4n) is 2.28. The van der Waals surface area contributed by atoms with Gasteiger partial charge in [0.2, 0.25) is 5.91 Å². The number of ether oxygens (including phenoxy) is 1. The third-order valence-electron chi connectivity index (χ3n) is 3.56. The van der Waals surface area contributed by atoms with Crippen LogP contribution in [0.5, 0.6) is 0 Å². The molecule has 0 spiro atoms. The first-order valence-electron chi connectivity index (χ1n) is 8.34. The van der Waals surface area contributed by atoms with Crippen LogP contribution in [0.4, 0.5) is 15.3 Å². The molecule has 1 fully saturated rings. The van der Waals surface area contributed by atoms with E-state index in [2.05, 4.69) is 27.5 Å². The Morgan fingerprint density at radius 1 is 1.46 bits per heavy atom. The molecule has 1 aliphatic heterocycles. The molecule has 8 nitrogen and oxygen atoms in total. The Kier molecular flexibility index (Phi) is 7.18. The molecule has 0 saturated carbocycles. The van der Waals surface area contributed by atoms with Crippen LogP contribution in [0.3, 0.4) is 0 Å². The minimum atomic E-state index is -0.508. The smallest absolute Gasteiger partial charge is 0.407 e. The summed E-state index contributed by atoms with van der Waals surface area (Å²) < 4.78 is 6.65. The molecule has 1 aliphatic rings. The van der Waals surface area contributed by atoms with Gasteiger partial charge in [-0.3, -0.25) is 9.59 Å². The first-order valence-corrected chi connectivity index (χ1v) is 11.1. The summed E-state index contributed by atoms with van der Waals surface area (Å²) >= 11 is 4.15. The molecule has 2 aromatic rings. The monoisotopic (exact) mass is 438 g/mol. The lowest BCUT2D eigenvalue weighted by Gasteiger charge is -2.10. The average Bonchev–Trinajstić information content (AvgIpc) is 3.29. The molecular weight excluding hydrogens is 420 g/mol. The maximum atomic E-state index is 12.2. The number of carbonyl (C=O) groups is 3. The Labute approximate surface area is 173 Å². The van der Waals surface area contributed by atoms with E-state index in [1.54, 1.807) is 6.07 Å². The molecule has 28 heavy (non-hydrogen) atoms. The molecule has 2 heterocycles.